The molecule has 0 amide bonds. The number of benzene rings is 1. The van der Waals surface area contributed by atoms with Gasteiger partial charge in [0.1, 0.15) is 0 Å². The van der Waals surface area contributed by atoms with Gasteiger partial charge in [0.05, 0.1) is 15.8 Å². The molecule has 0 aliphatic heterocycles. The van der Waals surface area contributed by atoms with E-state index in [9.17, 15) is 13.2 Å². The highest BCUT2D eigenvalue weighted by atomic mass is 35.5. The highest BCUT2D eigenvalue weighted by molar-refractivity contribution is 7.22. The van der Waals surface area contributed by atoms with Crippen molar-refractivity contribution < 1.29 is 13.2 Å². The number of fused-ring (bicyclic) bond motifs is 1. The largest absolute Gasteiger partial charge is 0.417 e. The van der Waals surface area contributed by atoms with E-state index in [4.69, 9.17) is 11.6 Å². The minimum Gasteiger partial charge on any atom is -0.225 e. The van der Waals surface area contributed by atoms with E-state index in [0.717, 1.165) is 17.4 Å². The van der Waals surface area contributed by atoms with E-state index in [1.165, 1.54) is 12.1 Å². The molecule has 1 aromatic carbocycles. The van der Waals surface area contributed by atoms with Gasteiger partial charge < -0.3 is 0 Å². The molecular formula is C8H3ClF3NS. The van der Waals surface area contributed by atoms with Gasteiger partial charge in [-0.2, -0.15) is 13.2 Å². The predicted molar refractivity (Wildman–Crippen MR) is 49.6 cm³/mol. The van der Waals surface area contributed by atoms with Crippen LogP contribution in [0.2, 0.25) is 4.47 Å². The monoisotopic (exact) mass is 237 g/mol. The Morgan fingerprint density at radius 3 is 2.64 bits per heavy atom. The van der Waals surface area contributed by atoms with E-state index in [-0.39, 0.29) is 14.7 Å². The van der Waals surface area contributed by atoms with Crippen LogP contribution in [0.25, 0.3) is 10.2 Å². The maximum Gasteiger partial charge on any atom is 0.417 e. The fraction of sp³-hybridized carbons (Fsp3) is 0.125. The molecule has 0 radical (unpaired) electrons. The Labute approximate surface area is 86.1 Å². The summed E-state index contributed by atoms with van der Waals surface area (Å²) in [7, 11) is 0. The van der Waals surface area contributed by atoms with E-state index in [1.807, 2.05) is 0 Å². The third-order valence-electron chi connectivity index (χ3n) is 1.69. The molecule has 1 nitrogen and oxygen atoms in total. The summed E-state index contributed by atoms with van der Waals surface area (Å²) in [5.74, 6) is 0. The van der Waals surface area contributed by atoms with Gasteiger partial charge in [0.25, 0.3) is 0 Å². The highest BCUT2D eigenvalue weighted by Gasteiger charge is 2.33. The zero-order chi connectivity index (χ0) is 10.3. The lowest BCUT2D eigenvalue weighted by molar-refractivity contribution is -0.136. The summed E-state index contributed by atoms with van der Waals surface area (Å²) in [5.41, 5.74) is -0.394. The first-order valence-electron chi connectivity index (χ1n) is 3.61. The second-order valence-corrected chi connectivity index (χ2v) is 4.20. The van der Waals surface area contributed by atoms with Crippen molar-refractivity contribution in [1.82, 2.24) is 4.98 Å². The highest BCUT2D eigenvalue weighted by Crippen LogP contribution is 2.38. The van der Waals surface area contributed by atoms with Crippen LogP contribution < -0.4 is 0 Å². The lowest BCUT2D eigenvalue weighted by Gasteiger charge is -2.05. The standard InChI is InChI=1S/C8H3ClF3NS/c9-7-13-5-3-1-2-4(6(5)14-7)8(10,11)12/h1-3H. The van der Waals surface area contributed by atoms with Crippen molar-refractivity contribution in [2.75, 3.05) is 0 Å². The van der Waals surface area contributed by atoms with Gasteiger partial charge in [-0.3, -0.25) is 0 Å². The van der Waals surface area contributed by atoms with Gasteiger partial charge in [0, 0.05) is 0 Å². The Balaban J connectivity index is 2.77. The van der Waals surface area contributed by atoms with Crippen LogP contribution in [0, 0.1) is 0 Å². The van der Waals surface area contributed by atoms with Gasteiger partial charge in [0.15, 0.2) is 4.47 Å². The minimum atomic E-state index is -4.35. The molecule has 14 heavy (non-hydrogen) atoms. The van der Waals surface area contributed by atoms with Crippen LogP contribution in [0.4, 0.5) is 13.2 Å². The number of rotatable bonds is 0. The summed E-state index contributed by atoms with van der Waals surface area (Å²) in [5, 5.41) is 0. The van der Waals surface area contributed by atoms with Crippen LogP contribution in [-0.2, 0) is 6.18 Å². The van der Waals surface area contributed by atoms with Crippen LogP contribution in [0.3, 0.4) is 0 Å². The summed E-state index contributed by atoms with van der Waals surface area (Å²) in [6.07, 6.45) is -4.35. The van der Waals surface area contributed by atoms with Crippen molar-refractivity contribution in [3.05, 3.63) is 28.2 Å². The molecule has 0 aliphatic carbocycles. The molecule has 0 N–H and O–H groups in total. The molecule has 1 aromatic heterocycles. The zero-order valence-electron chi connectivity index (χ0n) is 6.60. The predicted octanol–water partition coefficient (Wildman–Crippen LogP) is 3.97. The second kappa shape index (κ2) is 3.10. The van der Waals surface area contributed by atoms with Crippen LogP contribution in [0.15, 0.2) is 18.2 Å². The lowest BCUT2D eigenvalue weighted by atomic mass is 10.2. The zero-order valence-corrected chi connectivity index (χ0v) is 8.17. The van der Waals surface area contributed by atoms with E-state index < -0.39 is 11.7 Å². The fourth-order valence-corrected chi connectivity index (χ4v) is 2.29. The van der Waals surface area contributed by atoms with Crippen LogP contribution in [0.1, 0.15) is 5.56 Å². The molecule has 0 aliphatic rings. The topological polar surface area (TPSA) is 12.9 Å². The molecule has 74 valence electrons. The lowest BCUT2D eigenvalue weighted by Crippen LogP contribution is -2.04. The third-order valence-corrected chi connectivity index (χ3v) is 2.90. The summed E-state index contributed by atoms with van der Waals surface area (Å²) < 4.78 is 37.6. The Morgan fingerprint density at radius 2 is 2.00 bits per heavy atom. The van der Waals surface area contributed by atoms with Crippen molar-refractivity contribution in [2.45, 2.75) is 6.18 Å². The van der Waals surface area contributed by atoms with Crippen molar-refractivity contribution >= 4 is 33.2 Å². The molecule has 0 atom stereocenters. The van der Waals surface area contributed by atoms with Gasteiger partial charge in [-0.25, -0.2) is 4.98 Å². The Hall–Kier alpha value is -0.810. The van der Waals surface area contributed by atoms with Crippen LogP contribution >= 0.6 is 22.9 Å². The smallest absolute Gasteiger partial charge is 0.225 e. The van der Waals surface area contributed by atoms with Crippen LogP contribution in [-0.4, -0.2) is 4.98 Å². The normalized spacial score (nSPS) is 12.3. The maximum absolute atomic E-state index is 12.5. The number of halogens is 4. The molecule has 0 spiro atoms. The summed E-state index contributed by atoms with van der Waals surface area (Å²) in [6.45, 7) is 0. The summed E-state index contributed by atoms with van der Waals surface area (Å²) in [6, 6.07) is 3.85. The second-order valence-electron chi connectivity index (χ2n) is 2.62. The van der Waals surface area contributed by atoms with Crippen molar-refractivity contribution in [2.24, 2.45) is 0 Å². The van der Waals surface area contributed by atoms with Gasteiger partial charge in [0.2, 0.25) is 0 Å². The molecule has 1 heterocycles. The molecule has 0 saturated heterocycles. The minimum absolute atomic E-state index is 0.0880. The van der Waals surface area contributed by atoms with Crippen molar-refractivity contribution in [3.8, 4) is 0 Å². The molecular weight excluding hydrogens is 235 g/mol. The Morgan fingerprint density at radius 1 is 1.29 bits per heavy atom. The number of thiazole rings is 1. The number of nitrogens with zero attached hydrogens (tertiary/aromatic N) is 1. The van der Waals surface area contributed by atoms with E-state index in [0.29, 0.717) is 0 Å². The Bertz CT molecular complexity index is 477. The van der Waals surface area contributed by atoms with E-state index >= 15 is 0 Å². The number of hydrogen-bond donors (Lipinski definition) is 0. The average Bonchev–Trinajstić information content (AvgIpc) is 2.41. The quantitative estimate of drug-likeness (QED) is 0.676. The summed E-state index contributed by atoms with van der Waals surface area (Å²) in [4.78, 5) is 3.77. The molecule has 0 fully saturated rings. The molecule has 0 saturated carbocycles. The first-order chi connectivity index (χ1) is 6.48. The SMILES string of the molecule is FC(F)(F)c1cccc2nc(Cl)sc12. The number of hydrogen-bond acceptors (Lipinski definition) is 2. The molecule has 6 heteroatoms. The van der Waals surface area contributed by atoms with Gasteiger partial charge >= 0.3 is 6.18 Å². The average molecular weight is 238 g/mol. The molecule has 2 rings (SSSR count). The molecule has 0 bridgehead atoms. The number of aromatic nitrogens is 1. The van der Waals surface area contributed by atoms with E-state index in [2.05, 4.69) is 4.98 Å². The van der Waals surface area contributed by atoms with Crippen molar-refractivity contribution in [3.63, 3.8) is 0 Å². The van der Waals surface area contributed by atoms with Crippen molar-refractivity contribution in [1.29, 1.82) is 0 Å². The Kier molecular flexibility index (Phi) is 2.16. The molecule has 2 aromatic rings. The maximum atomic E-state index is 12.5. The van der Waals surface area contributed by atoms with Crippen LogP contribution in [0.5, 0.6) is 0 Å². The first kappa shape index (κ1) is 9.73. The van der Waals surface area contributed by atoms with Gasteiger partial charge in [-0.05, 0) is 12.1 Å². The number of alkyl halides is 3. The summed E-state index contributed by atoms with van der Waals surface area (Å²) >= 11 is 6.39. The molecule has 0 unspecified atom stereocenters. The van der Waals surface area contributed by atoms with E-state index in [1.54, 1.807) is 0 Å². The first-order valence-corrected chi connectivity index (χ1v) is 4.80. The third kappa shape index (κ3) is 1.57. The van der Waals surface area contributed by atoms with Gasteiger partial charge in [-0.15, -0.1) is 11.3 Å². The van der Waals surface area contributed by atoms with Gasteiger partial charge in [-0.1, -0.05) is 17.7 Å². The fourth-order valence-electron chi connectivity index (χ4n) is 1.15.